The molecular formula is C31H25F4N3O5. The van der Waals surface area contributed by atoms with Crippen molar-refractivity contribution >= 4 is 0 Å². The van der Waals surface area contributed by atoms with Gasteiger partial charge in [0.05, 0.1) is 0 Å². The van der Waals surface area contributed by atoms with Crippen LogP contribution in [0, 0.1) is 5.92 Å². The van der Waals surface area contributed by atoms with E-state index in [-0.39, 0.29) is 34.1 Å². The summed E-state index contributed by atoms with van der Waals surface area (Å²) in [6.45, 7) is 1.93. The number of fused-ring (bicyclic) bond motifs is 2. The van der Waals surface area contributed by atoms with Crippen molar-refractivity contribution in [3.8, 4) is 34.4 Å². The molecule has 0 unspecified atom stereocenters. The first-order valence-electron chi connectivity index (χ1n) is 13.7. The molecule has 222 valence electrons. The van der Waals surface area contributed by atoms with Crippen LogP contribution >= 0.6 is 0 Å². The molecule has 7 rings (SSSR count). The van der Waals surface area contributed by atoms with Gasteiger partial charge in [0.2, 0.25) is 0 Å². The van der Waals surface area contributed by atoms with Crippen LogP contribution in [0.5, 0.6) is 23.0 Å². The molecule has 12 heteroatoms. The normalized spacial score (nSPS) is 19.0. The summed E-state index contributed by atoms with van der Waals surface area (Å²) in [5.41, 5.74) is 0.777. The van der Waals surface area contributed by atoms with Crippen LogP contribution in [0.15, 0.2) is 79.1 Å². The summed E-state index contributed by atoms with van der Waals surface area (Å²) in [6, 6.07) is 17.9. The topological polar surface area (TPSA) is 86.2 Å². The number of ether oxygens (including phenoxy) is 4. The highest BCUT2D eigenvalue weighted by atomic mass is 19.3. The molecule has 1 aromatic heterocycles. The lowest BCUT2D eigenvalue weighted by molar-refractivity contribution is -0.287. The number of alkyl halides is 4. The number of hydrogen-bond acceptors (Lipinski definition) is 8. The van der Waals surface area contributed by atoms with Crippen molar-refractivity contribution in [2.24, 2.45) is 5.92 Å². The van der Waals surface area contributed by atoms with E-state index in [9.17, 15) is 22.7 Å². The van der Waals surface area contributed by atoms with E-state index in [1.807, 2.05) is 24.3 Å². The zero-order valence-corrected chi connectivity index (χ0v) is 22.6. The summed E-state index contributed by atoms with van der Waals surface area (Å²) in [4.78, 5) is 10.8. The predicted molar refractivity (Wildman–Crippen MR) is 144 cm³/mol. The summed E-state index contributed by atoms with van der Waals surface area (Å²) in [7, 11) is 0. The molecule has 4 heterocycles. The molecule has 1 fully saturated rings. The van der Waals surface area contributed by atoms with E-state index in [0.29, 0.717) is 38.3 Å². The Bertz CT molecular complexity index is 1580. The predicted octanol–water partition coefficient (Wildman–Crippen LogP) is 5.93. The molecule has 3 aromatic carbocycles. The molecule has 0 amide bonds. The minimum Gasteiger partial charge on any atom is -0.395 e. The molecule has 1 saturated heterocycles. The molecule has 8 nitrogen and oxygen atoms in total. The minimum absolute atomic E-state index is 0.166. The molecule has 0 atom stereocenters. The summed E-state index contributed by atoms with van der Waals surface area (Å²) >= 11 is 0. The Kier molecular flexibility index (Phi) is 6.44. The van der Waals surface area contributed by atoms with Gasteiger partial charge in [0.25, 0.3) is 0 Å². The van der Waals surface area contributed by atoms with Crippen LogP contribution in [-0.4, -0.2) is 45.7 Å². The van der Waals surface area contributed by atoms with Gasteiger partial charge >= 0.3 is 12.6 Å². The number of likely N-dealkylation sites (tertiary alicyclic amines) is 1. The molecule has 0 bridgehead atoms. The number of halogens is 4. The standard InChI is InChI=1S/C31H25F4N3O5/c32-30(33)40-24-8-6-22(16-26(24)42-30)29(39,23-7-9-25-27(17-23)43-31(34,35)41-25)21-10-14-38(15-11-21)18-19-2-4-20(5-3-19)28-36-12-1-13-37-28/h1-9,12-13,16-17,21,39H,10-11,14-15,18H2. The van der Waals surface area contributed by atoms with Gasteiger partial charge in [-0.1, -0.05) is 36.4 Å². The molecule has 0 spiro atoms. The fraction of sp³-hybridized carbons (Fsp3) is 0.290. The zero-order valence-electron chi connectivity index (χ0n) is 22.6. The number of rotatable bonds is 6. The Labute approximate surface area is 243 Å². The molecular weight excluding hydrogens is 570 g/mol. The van der Waals surface area contributed by atoms with E-state index in [1.165, 1.54) is 36.4 Å². The van der Waals surface area contributed by atoms with Crippen molar-refractivity contribution in [1.29, 1.82) is 0 Å². The largest absolute Gasteiger partial charge is 0.586 e. The maximum absolute atomic E-state index is 13.8. The zero-order chi connectivity index (χ0) is 29.8. The number of hydrogen-bond donors (Lipinski definition) is 1. The highest BCUT2D eigenvalue weighted by Gasteiger charge is 2.48. The Hall–Kier alpha value is -4.42. The van der Waals surface area contributed by atoms with Gasteiger partial charge in [0, 0.05) is 24.5 Å². The van der Waals surface area contributed by atoms with E-state index in [4.69, 9.17) is 0 Å². The average molecular weight is 596 g/mol. The van der Waals surface area contributed by atoms with Crippen LogP contribution < -0.4 is 18.9 Å². The molecule has 0 aliphatic carbocycles. The minimum atomic E-state index is -3.83. The molecule has 0 saturated carbocycles. The SMILES string of the molecule is OC(c1ccc2c(c1)OC(F)(F)O2)(c1ccc2c(c1)OC(F)(F)O2)C1CCN(Cc2ccc(-c3ncccn3)cc2)CC1. The summed E-state index contributed by atoms with van der Waals surface area (Å²) in [5, 5.41) is 12.4. The van der Waals surface area contributed by atoms with E-state index >= 15 is 0 Å². The fourth-order valence-corrected chi connectivity index (χ4v) is 5.98. The third-order valence-electron chi connectivity index (χ3n) is 8.05. The number of nitrogens with zero attached hydrogens (tertiary/aromatic N) is 3. The molecule has 3 aliphatic rings. The second kappa shape index (κ2) is 10.1. The van der Waals surface area contributed by atoms with Gasteiger partial charge < -0.3 is 24.1 Å². The number of aromatic nitrogens is 2. The molecule has 3 aliphatic heterocycles. The van der Waals surface area contributed by atoms with E-state index in [1.54, 1.807) is 18.5 Å². The van der Waals surface area contributed by atoms with Crippen LogP contribution in [0.4, 0.5) is 17.6 Å². The third-order valence-corrected chi connectivity index (χ3v) is 8.05. The quantitative estimate of drug-likeness (QED) is 0.275. The lowest BCUT2D eigenvalue weighted by Crippen LogP contribution is -2.44. The maximum Gasteiger partial charge on any atom is 0.586 e. The van der Waals surface area contributed by atoms with Crippen molar-refractivity contribution in [3.05, 3.63) is 95.8 Å². The van der Waals surface area contributed by atoms with E-state index in [2.05, 4.69) is 33.8 Å². The monoisotopic (exact) mass is 595 g/mol. The Morgan fingerprint density at radius 3 is 1.79 bits per heavy atom. The highest BCUT2D eigenvalue weighted by Crippen LogP contribution is 2.50. The summed E-state index contributed by atoms with van der Waals surface area (Å²) in [5.74, 6) is -0.538. The lowest BCUT2D eigenvalue weighted by Gasteiger charge is -2.42. The van der Waals surface area contributed by atoms with Gasteiger partial charge in [-0.15, -0.1) is 17.6 Å². The van der Waals surface area contributed by atoms with Gasteiger partial charge in [-0.2, -0.15) is 0 Å². The lowest BCUT2D eigenvalue weighted by atomic mass is 9.72. The first-order valence-corrected chi connectivity index (χ1v) is 13.7. The van der Waals surface area contributed by atoms with Crippen LogP contribution in [0.3, 0.4) is 0 Å². The first-order chi connectivity index (χ1) is 20.6. The Balaban J connectivity index is 1.13. The van der Waals surface area contributed by atoms with Crippen LogP contribution in [0.25, 0.3) is 11.4 Å². The second-order valence-electron chi connectivity index (χ2n) is 10.7. The second-order valence-corrected chi connectivity index (χ2v) is 10.7. The average Bonchev–Trinajstić information content (AvgIpc) is 3.49. The third kappa shape index (κ3) is 5.21. The molecule has 4 aromatic rings. The fourth-order valence-electron chi connectivity index (χ4n) is 5.98. The number of piperidine rings is 1. The Morgan fingerprint density at radius 1 is 0.744 bits per heavy atom. The van der Waals surface area contributed by atoms with Crippen LogP contribution in [0.1, 0.15) is 29.5 Å². The molecule has 43 heavy (non-hydrogen) atoms. The first kappa shape index (κ1) is 27.4. The van der Waals surface area contributed by atoms with Crippen molar-refractivity contribution in [2.75, 3.05) is 13.1 Å². The van der Waals surface area contributed by atoms with Crippen LogP contribution in [-0.2, 0) is 12.1 Å². The number of aliphatic hydroxyl groups is 1. The van der Waals surface area contributed by atoms with Crippen molar-refractivity contribution in [1.82, 2.24) is 14.9 Å². The Morgan fingerprint density at radius 2 is 1.26 bits per heavy atom. The highest BCUT2D eigenvalue weighted by molar-refractivity contribution is 5.55. The van der Waals surface area contributed by atoms with Crippen molar-refractivity contribution in [3.63, 3.8) is 0 Å². The van der Waals surface area contributed by atoms with Gasteiger partial charge in [0.1, 0.15) is 5.60 Å². The van der Waals surface area contributed by atoms with Gasteiger partial charge in [-0.25, -0.2) is 9.97 Å². The number of benzene rings is 3. The van der Waals surface area contributed by atoms with Gasteiger partial charge in [-0.05, 0) is 78.9 Å². The van der Waals surface area contributed by atoms with Gasteiger partial charge in [-0.3, -0.25) is 4.90 Å². The van der Waals surface area contributed by atoms with Crippen molar-refractivity contribution in [2.45, 2.75) is 37.6 Å². The van der Waals surface area contributed by atoms with Crippen LogP contribution in [0.2, 0.25) is 0 Å². The van der Waals surface area contributed by atoms with Gasteiger partial charge in [0.15, 0.2) is 28.8 Å². The van der Waals surface area contributed by atoms with Crippen molar-refractivity contribution < 1.29 is 41.6 Å². The summed E-state index contributed by atoms with van der Waals surface area (Å²) < 4.78 is 73.5. The molecule has 0 radical (unpaired) electrons. The van der Waals surface area contributed by atoms with E-state index < -0.39 is 24.1 Å². The van der Waals surface area contributed by atoms with E-state index in [0.717, 1.165) is 11.1 Å². The smallest absolute Gasteiger partial charge is 0.395 e. The summed E-state index contributed by atoms with van der Waals surface area (Å²) in [6.07, 6.45) is -3.22. The molecule has 1 N–H and O–H groups in total. The maximum atomic E-state index is 13.8.